The second-order valence-electron chi connectivity index (χ2n) is 1.71. The maximum Gasteiger partial charge on any atom is 0.432 e. The van der Waals surface area contributed by atoms with Crippen LogP contribution in [-0.4, -0.2) is 30.9 Å². The molecule has 11 heavy (non-hydrogen) atoms. The molecule has 0 bridgehead atoms. The molecule has 0 amide bonds. The molecule has 0 rings (SSSR count). The molecule has 0 saturated carbocycles. The third-order valence-corrected chi connectivity index (χ3v) is 1.42. The van der Waals surface area contributed by atoms with Crippen molar-refractivity contribution in [1.29, 1.82) is 0 Å². The number of halogens is 3. The lowest BCUT2D eigenvalue weighted by atomic mass is 10.4. The van der Waals surface area contributed by atoms with E-state index in [0.29, 0.717) is 0 Å². The van der Waals surface area contributed by atoms with E-state index < -0.39 is 11.9 Å². The van der Waals surface area contributed by atoms with Crippen LogP contribution in [0.4, 0.5) is 13.2 Å². The molecule has 0 spiro atoms. The minimum Gasteiger partial charge on any atom is -0.313 e. The summed E-state index contributed by atoms with van der Waals surface area (Å²) in [5, 5.41) is 3.11. The van der Waals surface area contributed by atoms with Gasteiger partial charge < -0.3 is 5.43 Å². The SMILES string of the molecule is CNN=C(CSC)C(F)(F)F. The second-order valence-corrected chi connectivity index (χ2v) is 2.58. The van der Waals surface area contributed by atoms with Gasteiger partial charge in [0.1, 0.15) is 0 Å². The van der Waals surface area contributed by atoms with E-state index in [4.69, 9.17) is 0 Å². The quantitative estimate of drug-likeness (QED) is 0.533. The van der Waals surface area contributed by atoms with Crippen molar-refractivity contribution in [2.75, 3.05) is 19.1 Å². The molecule has 0 aromatic rings. The van der Waals surface area contributed by atoms with Gasteiger partial charge in [-0.1, -0.05) is 0 Å². The van der Waals surface area contributed by atoms with Crippen LogP contribution < -0.4 is 5.43 Å². The van der Waals surface area contributed by atoms with E-state index in [1.54, 1.807) is 6.26 Å². The monoisotopic (exact) mass is 186 g/mol. The molecule has 0 aliphatic carbocycles. The summed E-state index contributed by atoms with van der Waals surface area (Å²) >= 11 is 1.09. The normalized spacial score (nSPS) is 13.4. The van der Waals surface area contributed by atoms with Gasteiger partial charge in [0.05, 0.1) is 0 Å². The standard InChI is InChI=1S/C5H9F3N2S/c1-9-10-4(3-11-2)5(6,7)8/h9H,3H2,1-2H3. The zero-order chi connectivity index (χ0) is 8.91. The smallest absolute Gasteiger partial charge is 0.313 e. The number of rotatable bonds is 3. The Morgan fingerprint density at radius 1 is 1.55 bits per heavy atom. The van der Waals surface area contributed by atoms with Crippen LogP contribution in [0.25, 0.3) is 0 Å². The first kappa shape index (κ1) is 10.6. The summed E-state index contributed by atoms with van der Waals surface area (Å²) < 4.78 is 35.7. The number of nitrogens with zero attached hydrogens (tertiary/aromatic N) is 1. The van der Waals surface area contributed by atoms with E-state index in [-0.39, 0.29) is 5.75 Å². The molecule has 0 saturated heterocycles. The molecular formula is C5H9F3N2S. The summed E-state index contributed by atoms with van der Waals surface area (Å²) in [6, 6.07) is 0. The van der Waals surface area contributed by atoms with Crippen molar-refractivity contribution in [2.45, 2.75) is 6.18 Å². The minimum atomic E-state index is -4.31. The maximum atomic E-state index is 11.9. The third-order valence-electron chi connectivity index (χ3n) is 0.855. The molecule has 0 aromatic heterocycles. The van der Waals surface area contributed by atoms with Crippen LogP contribution in [0.1, 0.15) is 0 Å². The highest BCUT2D eigenvalue weighted by Crippen LogP contribution is 2.18. The number of hydrazone groups is 1. The first-order valence-electron chi connectivity index (χ1n) is 2.81. The van der Waals surface area contributed by atoms with Gasteiger partial charge in [0, 0.05) is 12.8 Å². The van der Waals surface area contributed by atoms with Gasteiger partial charge in [-0.2, -0.15) is 30.0 Å². The van der Waals surface area contributed by atoms with Gasteiger partial charge in [0.15, 0.2) is 5.71 Å². The van der Waals surface area contributed by atoms with Crippen molar-refractivity contribution in [2.24, 2.45) is 5.10 Å². The summed E-state index contributed by atoms with van der Waals surface area (Å²) in [4.78, 5) is 0. The second kappa shape index (κ2) is 4.48. The molecular weight excluding hydrogens is 177 g/mol. The average Bonchev–Trinajstić information content (AvgIpc) is 1.85. The van der Waals surface area contributed by atoms with E-state index in [1.165, 1.54) is 7.05 Å². The lowest BCUT2D eigenvalue weighted by molar-refractivity contribution is -0.0593. The van der Waals surface area contributed by atoms with Crippen LogP contribution in [0.5, 0.6) is 0 Å². The van der Waals surface area contributed by atoms with Crippen LogP contribution in [0, 0.1) is 0 Å². The Balaban J connectivity index is 4.22. The van der Waals surface area contributed by atoms with Crippen molar-refractivity contribution < 1.29 is 13.2 Å². The first-order valence-corrected chi connectivity index (χ1v) is 4.21. The lowest BCUT2D eigenvalue weighted by Crippen LogP contribution is -2.27. The Bertz CT molecular complexity index is 143. The lowest BCUT2D eigenvalue weighted by Gasteiger charge is -2.07. The molecule has 1 N–H and O–H groups in total. The number of alkyl halides is 3. The number of nitrogens with one attached hydrogen (secondary N) is 1. The third kappa shape index (κ3) is 4.13. The van der Waals surface area contributed by atoms with Gasteiger partial charge in [-0.3, -0.25) is 0 Å². The zero-order valence-electron chi connectivity index (χ0n) is 6.20. The molecule has 0 atom stereocenters. The van der Waals surface area contributed by atoms with E-state index in [9.17, 15) is 13.2 Å². The summed E-state index contributed by atoms with van der Waals surface area (Å²) in [6.07, 6.45) is -2.72. The van der Waals surface area contributed by atoms with E-state index in [1.807, 2.05) is 0 Å². The molecule has 0 aliphatic rings. The van der Waals surface area contributed by atoms with Crippen LogP contribution in [0.2, 0.25) is 0 Å². The number of hydrogen-bond donors (Lipinski definition) is 1. The van der Waals surface area contributed by atoms with Crippen LogP contribution in [-0.2, 0) is 0 Å². The molecule has 0 unspecified atom stereocenters. The highest BCUT2D eigenvalue weighted by Gasteiger charge is 2.35. The molecule has 0 heterocycles. The van der Waals surface area contributed by atoms with Crippen LogP contribution >= 0.6 is 11.8 Å². The van der Waals surface area contributed by atoms with Crippen molar-refractivity contribution in [1.82, 2.24) is 5.43 Å². The maximum absolute atomic E-state index is 11.9. The van der Waals surface area contributed by atoms with E-state index >= 15 is 0 Å². The Hall–Kier alpha value is -0.390. The van der Waals surface area contributed by atoms with Gasteiger partial charge in [0.25, 0.3) is 0 Å². The number of hydrogen-bond acceptors (Lipinski definition) is 3. The van der Waals surface area contributed by atoms with Crippen molar-refractivity contribution in [3.63, 3.8) is 0 Å². The van der Waals surface area contributed by atoms with Gasteiger partial charge in [-0.05, 0) is 6.26 Å². The van der Waals surface area contributed by atoms with Gasteiger partial charge >= 0.3 is 6.18 Å². The van der Waals surface area contributed by atoms with E-state index in [0.717, 1.165) is 11.8 Å². The molecule has 0 aromatic carbocycles. The molecule has 0 radical (unpaired) electrons. The summed E-state index contributed by atoms with van der Waals surface area (Å²) in [6.45, 7) is 0. The summed E-state index contributed by atoms with van der Waals surface area (Å²) in [7, 11) is 1.34. The van der Waals surface area contributed by atoms with Gasteiger partial charge in [0.2, 0.25) is 0 Å². The minimum absolute atomic E-state index is 0.121. The van der Waals surface area contributed by atoms with Crippen LogP contribution in [0.3, 0.4) is 0 Å². The zero-order valence-corrected chi connectivity index (χ0v) is 7.01. The first-order chi connectivity index (χ1) is 5.02. The predicted octanol–water partition coefficient (Wildman–Crippen LogP) is 1.49. The molecule has 2 nitrogen and oxygen atoms in total. The fraction of sp³-hybridized carbons (Fsp3) is 0.800. The Kier molecular flexibility index (Phi) is 4.32. The molecule has 0 fully saturated rings. The molecule has 66 valence electrons. The van der Waals surface area contributed by atoms with E-state index in [2.05, 4.69) is 10.5 Å². The van der Waals surface area contributed by atoms with Crippen molar-refractivity contribution >= 4 is 17.5 Å². The van der Waals surface area contributed by atoms with Gasteiger partial charge in [-0.25, -0.2) is 0 Å². The molecule has 0 aliphatic heterocycles. The fourth-order valence-electron chi connectivity index (χ4n) is 0.449. The highest BCUT2D eigenvalue weighted by molar-refractivity contribution is 7.99. The summed E-state index contributed by atoms with van der Waals surface area (Å²) in [5.74, 6) is -0.121. The predicted molar refractivity (Wildman–Crippen MR) is 40.9 cm³/mol. The Labute approximate surface area is 67.2 Å². The van der Waals surface area contributed by atoms with Crippen molar-refractivity contribution in [3.8, 4) is 0 Å². The fourth-order valence-corrected chi connectivity index (χ4v) is 0.951. The summed E-state index contributed by atoms with van der Waals surface area (Å²) in [5.41, 5.74) is 1.33. The van der Waals surface area contributed by atoms with Gasteiger partial charge in [-0.15, -0.1) is 0 Å². The Morgan fingerprint density at radius 2 is 2.09 bits per heavy atom. The molecule has 6 heteroatoms. The largest absolute Gasteiger partial charge is 0.432 e. The average molecular weight is 186 g/mol. The number of thioether (sulfide) groups is 1. The van der Waals surface area contributed by atoms with Crippen molar-refractivity contribution in [3.05, 3.63) is 0 Å². The van der Waals surface area contributed by atoms with Crippen LogP contribution in [0.15, 0.2) is 5.10 Å². The highest BCUT2D eigenvalue weighted by atomic mass is 32.2. The Morgan fingerprint density at radius 3 is 2.36 bits per heavy atom. The topological polar surface area (TPSA) is 24.4 Å².